The smallest absolute Gasteiger partial charge is 0.405 e. The molecule has 0 atom stereocenters. The Labute approximate surface area is 175 Å². The van der Waals surface area contributed by atoms with E-state index in [1.54, 1.807) is 25.3 Å². The molecule has 2 aromatic heterocycles. The molecule has 2 aliphatic carbocycles. The number of nitrogens with zero attached hydrogens (tertiary/aromatic N) is 2. The number of nitrogens with one attached hydrogen (secondary N) is 3. The molecule has 0 radical (unpaired) electrons. The van der Waals surface area contributed by atoms with Gasteiger partial charge in [-0.2, -0.15) is 5.10 Å². The highest BCUT2D eigenvalue weighted by atomic mass is 19.1. The summed E-state index contributed by atoms with van der Waals surface area (Å²) in [6.07, 6.45) is 10.3. The Kier molecular flexibility index (Phi) is 11.2. The van der Waals surface area contributed by atoms with E-state index in [9.17, 15) is 14.0 Å². The maximum absolute atomic E-state index is 11.4. The van der Waals surface area contributed by atoms with Crippen LogP contribution in [0.5, 0.6) is 0 Å². The molecule has 9 nitrogen and oxygen atoms in total. The van der Waals surface area contributed by atoms with Crippen LogP contribution in [0.15, 0.2) is 22.9 Å². The second-order valence-electron chi connectivity index (χ2n) is 7.39. The molecular weight excluding hydrogens is 393 g/mol. The van der Waals surface area contributed by atoms with Crippen LogP contribution in [0.25, 0.3) is 0 Å². The van der Waals surface area contributed by atoms with Crippen molar-refractivity contribution in [1.29, 1.82) is 0 Å². The number of aromatic amines is 1. The predicted molar refractivity (Wildman–Crippen MR) is 111 cm³/mol. The summed E-state index contributed by atoms with van der Waals surface area (Å²) < 4.78 is 14.4. The lowest BCUT2D eigenvalue weighted by Crippen LogP contribution is -2.32. The minimum absolute atomic E-state index is 0.0775. The molecule has 0 aromatic carbocycles. The lowest BCUT2D eigenvalue weighted by Gasteiger charge is -2.04. The summed E-state index contributed by atoms with van der Waals surface area (Å²) >= 11 is 0. The van der Waals surface area contributed by atoms with Gasteiger partial charge in [-0.1, -0.05) is 37.3 Å². The third kappa shape index (κ3) is 11.2. The Balaban J connectivity index is 0.000000250. The highest BCUT2D eigenvalue weighted by Crippen LogP contribution is 2.33. The first kappa shape index (κ1) is 25.1. The van der Waals surface area contributed by atoms with Crippen LogP contribution in [0.3, 0.4) is 0 Å². The van der Waals surface area contributed by atoms with Gasteiger partial charge in [-0.05, 0) is 26.7 Å². The van der Waals surface area contributed by atoms with E-state index in [1.165, 1.54) is 32.1 Å². The number of aryl methyl sites for hydroxylation is 1. The minimum Gasteiger partial charge on any atom is -0.465 e. The lowest BCUT2D eigenvalue weighted by molar-refractivity contribution is -0.115. The predicted octanol–water partition coefficient (Wildman–Crippen LogP) is 4.23. The number of carboxylic acid groups (broad SMARTS) is 1. The number of alkyl halides is 1. The second-order valence-corrected chi connectivity index (χ2v) is 7.39. The van der Waals surface area contributed by atoms with Gasteiger partial charge in [0.2, 0.25) is 5.91 Å². The number of hydrogen-bond donors (Lipinski definition) is 4. The summed E-state index contributed by atoms with van der Waals surface area (Å²) in [6.45, 7) is 3.71. The fourth-order valence-corrected chi connectivity index (χ4v) is 2.63. The van der Waals surface area contributed by atoms with Crippen molar-refractivity contribution in [3.8, 4) is 0 Å². The molecule has 2 saturated carbocycles. The zero-order valence-electron chi connectivity index (χ0n) is 17.8. The van der Waals surface area contributed by atoms with Crippen molar-refractivity contribution in [3.05, 3.63) is 29.8 Å². The Hall–Kier alpha value is -2.91. The number of carbonyl (C=O) groups excluding carboxylic acids is 1. The molecule has 2 fully saturated rings. The fourth-order valence-electron chi connectivity index (χ4n) is 2.63. The van der Waals surface area contributed by atoms with Gasteiger partial charge < -0.3 is 20.3 Å². The van der Waals surface area contributed by atoms with Gasteiger partial charge in [0.05, 0.1) is 25.5 Å². The summed E-state index contributed by atoms with van der Waals surface area (Å²) in [5, 5.41) is 23.3. The van der Waals surface area contributed by atoms with Gasteiger partial charge in [-0.3, -0.25) is 14.3 Å². The summed E-state index contributed by atoms with van der Waals surface area (Å²) in [7, 11) is 0.500. The first-order valence-corrected chi connectivity index (χ1v) is 9.97. The van der Waals surface area contributed by atoms with E-state index in [0.717, 1.165) is 18.5 Å². The van der Waals surface area contributed by atoms with Gasteiger partial charge in [0.1, 0.15) is 11.6 Å². The van der Waals surface area contributed by atoms with E-state index in [-0.39, 0.29) is 17.9 Å². The van der Waals surface area contributed by atoms with Crippen LogP contribution >= 0.6 is 0 Å². The van der Waals surface area contributed by atoms with Crippen LogP contribution in [0.1, 0.15) is 63.3 Å². The van der Waals surface area contributed by atoms with E-state index in [2.05, 4.69) is 26.0 Å². The molecule has 0 unspecified atom stereocenters. The van der Waals surface area contributed by atoms with E-state index in [0.29, 0.717) is 18.8 Å². The number of amides is 2. The van der Waals surface area contributed by atoms with Crippen LogP contribution in [0.4, 0.5) is 15.0 Å². The standard InChI is InChI=1S/C9H10N4O2.C5H9NO2.C5H10.CH3F/c1-6-4-7(15-13-6)5-9(14)11-8-2-3-10-12-8;1-5(2-3-5)6-4(7)8;1-2-4-5-3-1;1-2/h2-4H,5H2,1H3,(H2,10,11,12,14);6H,2-3H2,1H3,(H,7,8);1-5H2;1H3. The van der Waals surface area contributed by atoms with Gasteiger partial charge in [0.15, 0.2) is 0 Å². The van der Waals surface area contributed by atoms with Crippen LogP contribution in [0, 0.1) is 6.92 Å². The fraction of sp³-hybridized carbons (Fsp3) is 0.600. The zero-order chi connectivity index (χ0) is 22.4. The molecule has 4 rings (SSSR count). The number of H-pyrrole nitrogens is 1. The Morgan fingerprint density at radius 2 is 1.83 bits per heavy atom. The molecule has 2 heterocycles. The van der Waals surface area contributed by atoms with Crippen LogP contribution < -0.4 is 10.6 Å². The van der Waals surface area contributed by atoms with E-state index < -0.39 is 6.09 Å². The van der Waals surface area contributed by atoms with Crippen molar-refractivity contribution in [2.45, 2.75) is 70.8 Å². The lowest BCUT2D eigenvalue weighted by atomic mass is 10.3. The zero-order valence-corrected chi connectivity index (χ0v) is 17.8. The van der Waals surface area contributed by atoms with E-state index in [1.807, 2.05) is 6.92 Å². The van der Waals surface area contributed by atoms with Crippen molar-refractivity contribution in [3.63, 3.8) is 0 Å². The van der Waals surface area contributed by atoms with Gasteiger partial charge in [-0.15, -0.1) is 0 Å². The van der Waals surface area contributed by atoms with Gasteiger partial charge >= 0.3 is 6.09 Å². The van der Waals surface area contributed by atoms with Crippen molar-refractivity contribution in [1.82, 2.24) is 20.7 Å². The summed E-state index contributed by atoms with van der Waals surface area (Å²) in [4.78, 5) is 21.4. The van der Waals surface area contributed by atoms with Gasteiger partial charge in [-0.25, -0.2) is 4.79 Å². The first-order valence-electron chi connectivity index (χ1n) is 9.97. The number of halogens is 1. The Morgan fingerprint density at radius 1 is 1.23 bits per heavy atom. The van der Waals surface area contributed by atoms with E-state index in [4.69, 9.17) is 9.63 Å². The molecule has 0 aliphatic heterocycles. The highest BCUT2D eigenvalue weighted by molar-refractivity contribution is 5.90. The van der Waals surface area contributed by atoms with Crippen molar-refractivity contribution in [2.24, 2.45) is 0 Å². The van der Waals surface area contributed by atoms with E-state index >= 15 is 0 Å². The van der Waals surface area contributed by atoms with Crippen molar-refractivity contribution >= 4 is 17.8 Å². The highest BCUT2D eigenvalue weighted by Gasteiger charge is 2.38. The second kappa shape index (κ2) is 13.3. The third-order valence-corrected chi connectivity index (χ3v) is 4.45. The van der Waals surface area contributed by atoms with Crippen LogP contribution in [0.2, 0.25) is 0 Å². The quantitative estimate of drug-likeness (QED) is 0.579. The largest absolute Gasteiger partial charge is 0.465 e. The SMILES string of the molecule is C1CCCC1.CC1(NC(=O)O)CC1.CF.Cc1cc(CC(=O)Nc2ccn[nH]2)on1. The molecular formula is C20H32FN5O4. The van der Waals surface area contributed by atoms with Crippen molar-refractivity contribution in [2.75, 3.05) is 12.5 Å². The molecule has 168 valence electrons. The molecule has 2 amide bonds. The summed E-state index contributed by atoms with van der Waals surface area (Å²) in [5.74, 6) is 0.941. The maximum atomic E-state index is 11.4. The van der Waals surface area contributed by atoms with Gasteiger partial charge in [0.25, 0.3) is 0 Å². The Morgan fingerprint density at radius 3 is 2.20 bits per heavy atom. The first-order chi connectivity index (χ1) is 14.4. The number of aromatic nitrogens is 3. The van der Waals surface area contributed by atoms with Crippen molar-refractivity contribution < 1.29 is 23.6 Å². The monoisotopic (exact) mass is 425 g/mol. The summed E-state index contributed by atoms with van der Waals surface area (Å²) in [5.41, 5.74) is 0.686. The van der Waals surface area contributed by atoms with Crippen LogP contribution in [-0.2, 0) is 11.2 Å². The normalized spacial score (nSPS) is 15.2. The average molecular weight is 426 g/mol. The average Bonchev–Trinajstić information content (AvgIpc) is 3.24. The Bertz CT molecular complexity index is 733. The topological polar surface area (TPSA) is 133 Å². The molecule has 2 aromatic rings. The molecule has 4 N–H and O–H groups in total. The molecule has 2 aliphatic rings. The van der Waals surface area contributed by atoms with Crippen LogP contribution in [-0.4, -0.2) is 45.2 Å². The molecule has 0 spiro atoms. The number of hydrogen-bond acceptors (Lipinski definition) is 5. The third-order valence-electron chi connectivity index (χ3n) is 4.45. The minimum atomic E-state index is -0.912. The maximum Gasteiger partial charge on any atom is 0.405 e. The molecule has 30 heavy (non-hydrogen) atoms. The number of anilines is 1. The molecule has 10 heteroatoms. The number of carbonyl (C=O) groups is 2. The molecule has 0 saturated heterocycles. The molecule has 0 bridgehead atoms. The number of rotatable bonds is 4. The summed E-state index contributed by atoms with van der Waals surface area (Å²) in [6, 6.07) is 3.40. The van der Waals surface area contributed by atoms with Gasteiger partial charge in [0, 0.05) is 17.7 Å².